The third-order valence-corrected chi connectivity index (χ3v) is 3.75. The summed E-state index contributed by atoms with van der Waals surface area (Å²) in [5.41, 5.74) is 0.0953. The molecule has 0 aromatic heterocycles. The SMILES string of the molecule is CC(=O)Nc1ccc(Sc2ccc([N+](=O)[O-])c(OC(F)F)c2)cc1. The second-order valence-corrected chi connectivity index (χ2v) is 5.72. The zero-order valence-electron chi connectivity index (χ0n) is 12.4. The Bertz CT molecular complexity index is 754. The Kier molecular flexibility index (Phi) is 5.69. The summed E-state index contributed by atoms with van der Waals surface area (Å²) in [5.74, 6) is -0.686. The standard InChI is InChI=1S/C15H12F2N2O4S/c1-9(20)18-10-2-4-11(5-3-10)24-12-6-7-13(19(21)22)14(8-12)23-15(16)17/h2-8,15H,1H3,(H,18,20). The predicted molar refractivity (Wildman–Crippen MR) is 84.6 cm³/mol. The van der Waals surface area contributed by atoms with Crippen molar-refractivity contribution in [3.05, 3.63) is 52.6 Å². The van der Waals surface area contributed by atoms with Gasteiger partial charge in [-0.3, -0.25) is 14.9 Å². The van der Waals surface area contributed by atoms with Crippen molar-refractivity contribution in [3.63, 3.8) is 0 Å². The van der Waals surface area contributed by atoms with Crippen LogP contribution in [0.4, 0.5) is 20.2 Å². The Balaban J connectivity index is 2.20. The first-order valence-electron chi connectivity index (χ1n) is 6.64. The van der Waals surface area contributed by atoms with Crippen LogP contribution >= 0.6 is 11.8 Å². The highest BCUT2D eigenvalue weighted by molar-refractivity contribution is 7.99. The molecule has 0 heterocycles. The van der Waals surface area contributed by atoms with Crippen molar-refractivity contribution in [2.75, 3.05) is 5.32 Å². The maximum absolute atomic E-state index is 12.4. The summed E-state index contributed by atoms with van der Waals surface area (Å²) >= 11 is 1.22. The highest BCUT2D eigenvalue weighted by Gasteiger charge is 2.19. The van der Waals surface area contributed by atoms with E-state index in [0.717, 1.165) is 11.0 Å². The number of nitro benzene ring substituents is 1. The van der Waals surface area contributed by atoms with Gasteiger partial charge in [0.25, 0.3) is 0 Å². The van der Waals surface area contributed by atoms with E-state index in [1.165, 1.54) is 30.8 Å². The maximum atomic E-state index is 12.4. The van der Waals surface area contributed by atoms with E-state index in [-0.39, 0.29) is 5.91 Å². The van der Waals surface area contributed by atoms with Crippen molar-refractivity contribution in [2.45, 2.75) is 23.3 Å². The summed E-state index contributed by atoms with van der Waals surface area (Å²) in [5, 5.41) is 13.5. The molecule has 2 rings (SSSR count). The number of carbonyl (C=O) groups is 1. The van der Waals surface area contributed by atoms with Crippen LogP contribution < -0.4 is 10.1 Å². The summed E-state index contributed by atoms with van der Waals surface area (Å²) in [6.45, 7) is -1.76. The number of ether oxygens (including phenoxy) is 1. The zero-order chi connectivity index (χ0) is 17.7. The van der Waals surface area contributed by atoms with Gasteiger partial charge in [-0.2, -0.15) is 8.78 Å². The number of alkyl halides is 2. The molecule has 0 aliphatic carbocycles. The number of halogens is 2. The van der Waals surface area contributed by atoms with E-state index in [1.54, 1.807) is 24.3 Å². The van der Waals surface area contributed by atoms with E-state index in [9.17, 15) is 23.7 Å². The van der Waals surface area contributed by atoms with Gasteiger partial charge in [-0.05, 0) is 30.3 Å². The Morgan fingerprint density at radius 3 is 2.38 bits per heavy atom. The second kappa shape index (κ2) is 7.73. The highest BCUT2D eigenvalue weighted by Crippen LogP contribution is 2.36. The van der Waals surface area contributed by atoms with E-state index in [0.29, 0.717) is 10.6 Å². The topological polar surface area (TPSA) is 81.5 Å². The maximum Gasteiger partial charge on any atom is 0.387 e. The first kappa shape index (κ1) is 17.7. The van der Waals surface area contributed by atoms with Crippen molar-refractivity contribution in [2.24, 2.45) is 0 Å². The Morgan fingerprint density at radius 2 is 1.83 bits per heavy atom. The van der Waals surface area contributed by atoms with Crippen molar-refractivity contribution >= 4 is 29.0 Å². The van der Waals surface area contributed by atoms with Crippen molar-refractivity contribution in [1.82, 2.24) is 0 Å². The minimum atomic E-state index is -3.15. The molecule has 24 heavy (non-hydrogen) atoms. The fourth-order valence-corrected chi connectivity index (χ4v) is 2.69. The monoisotopic (exact) mass is 354 g/mol. The Morgan fingerprint density at radius 1 is 1.21 bits per heavy atom. The minimum Gasteiger partial charge on any atom is -0.427 e. The zero-order valence-corrected chi connectivity index (χ0v) is 13.2. The first-order chi connectivity index (χ1) is 11.3. The van der Waals surface area contributed by atoms with Crippen LogP contribution in [-0.2, 0) is 4.79 Å². The Labute approximate surface area is 140 Å². The largest absolute Gasteiger partial charge is 0.427 e. The quantitative estimate of drug-likeness (QED) is 0.618. The number of rotatable bonds is 6. The van der Waals surface area contributed by atoms with Gasteiger partial charge in [-0.15, -0.1) is 0 Å². The number of hydrogen-bond donors (Lipinski definition) is 1. The number of anilines is 1. The van der Waals surface area contributed by atoms with Crippen LogP contribution in [0.5, 0.6) is 5.75 Å². The second-order valence-electron chi connectivity index (χ2n) is 4.57. The van der Waals surface area contributed by atoms with Gasteiger partial charge in [0.05, 0.1) is 4.92 Å². The molecule has 0 radical (unpaired) electrons. The molecule has 1 amide bonds. The highest BCUT2D eigenvalue weighted by atomic mass is 32.2. The number of nitrogens with zero attached hydrogens (tertiary/aromatic N) is 1. The van der Waals surface area contributed by atoms with Gasteiger partial charge < -0.3 is 10.1 Å². The first-order valence-corrected chi connectivity index (χ1v) is 7.45. The molecule has 2 aromatic carbocycles. The van der Waals surface area contributed by atoms with Gasteiger partial charge in [0, 0.05) is 34.5 Å². The lowest BCUT2D eigenvalue weighted by molar-refractivity contribution is -0.386. The molecule has 2 aromatic rings. The molecule has 9 heteroatoms. The number of benzene rings is 2. The molecule has 0 aliphatic heterocycles. The van der Waals surface area contributed by atoms with Gasteiger partial charge in [-0.1, -0.05) is 11.8 Å². The van der Waals surface area contributed by atoms with Crippen LogP contribution in [0.25, 0.3) is 0 Å². The molecule has 6 nitrogen and oxygen atoms in total. The van der Waals surface area contributed by atoms with Gasteiger partial charge >= 0.3 is 12.3 Å². The minimum absolute atomic E-state index is 0.195. The molecular weight excluding hydrogens is 342 g/mol. The van der Waals surface area contributed by atoms with E-state index in [2.05, 4.69) is 10.1 Å². The van der Waals surface area contributed by atoms with Crippen LogP contribution in [0.3, 0.4) is 0 Å². The van der Waals surface area contributed by atoms with Crippen LogP contribution in [0, 0.1) is 10.1 Å². The van der Waals surface area contributed by atoms with Crippen molar-refractivity contribution in [3.8, 4) is 5.75 Å². The number of hydrogen-bond acceptors (Lipinski definition) is 5. The Hall–Kier alpha value is -2.68. The predicted octanol–water partition coefficient (Wildman–Crippen LogP) is 4.31. The van der Waals surface area contributed by atoms with E-state index >= 15 is 0 Å². The van der Waals surface area contributed by atoms with E-state index < -0.39 is 23.0 Å². The molecule has 0 spiro atoms. The lowest BCUT2D eigenvalue weighted by atomic mass is 10.3. The van der Waals surface area contributed by atoms with Crippen LogP contribution in [0.1, 0.15) is 6.92 Å². The normalized spacial score (nSPS) is 10.5. The van der Waals surface area contributed by atoms with Crippen molar-refractivity contribution in [1.29, 1.82) is 0 Å². The fraction of sp³-hybridized carbons (Fsp3) is 0.133. The molecule has 1 N–H and O–H groups in total. The number of nitrogens with one attached hydrogen (secondary N) is 1. The third kappa shape index (κ3) is 4.92. The summed E-state index contributed by atoms with van der Waals surface area (Å²) in [7, 11) is 0. The average molecular weight is 354 g/mol. The van der Waals surface area contributed by atoms with Crippen molar-refractivity contribution < 1.29 is 23.2 Å². The molecule has 0 unspecified atom stereocenters. The molecule has 0 saturated heterocycles. The summed E-state index contributed by atoms with van der Waals surface area (Å²) in [4.78, 5) is 22.3. The van der Waals surface area contributed by atoms with Crippen LogP contribution in [-0.4, -0.2) is 17.4 Å². The molecule has 0 atom stereocenters. The average Bonchev–Trinajstić information content (AvgIpc) is 2.48. The van der Waals surface area contributed by atoms with Gasteiger partial charge in [0.15, 0.2) is 0 Å². The lowest BCUT2D eigenvalue weighted by Crippen LogP contribution is -2.05. The summed E-state index contributed by atoms with van der Waals surface area (Å²) in [6, 6.07) is 10.6. The molecule has 0 saturated carbocycles. The third-order valence-electron chi connectivity index (χ3n) is 2.75. The lowest BCUT2D eigenvalue weighted by Gasteiger charge is -2.08. The van der Waals surface area contributed by atoms with Crippen LogP contribution in [0.2, 0.25) is 0 Å². The van der Waals surface area contributed by atoms with E-state index in [4.69, 9.17) is 0 Å². The summed E-state index contributed by atoms with van der Waals surface area (Å²) < 4.78 is 29.0. The van der Waals surface area contributed by atoms with Gasteiger partial charge in [0.1, 0.15) is 0 Å². The van der Waals surface area contributed by atoms with E-state index in [1.807, 2.05) is 0 Å². The molecule has 0 bridgehead atoms. The van der Waals surface area contributed by atoms with Gasteiger partial charge in [-0.25, -0.2) is 0 Å². The number of amides is 1. The molecule has 0 aliphatic rings. The smallest absolute Gasteiger partial charge is 0.387 e. The fourth-order valence-electron chi connectivity index (χ4n) is 1.84. The molecule has 126 valence electrons. The number of nitro groups is 1. The number of carbonyl (C=O) groups excluding carboxylic acids is 1. The molecular formula is C15H12F2N2O4S. The van der Waals surface area contributed by atoms with Crippen LogP contribution in [0.15, 0.2) is 52.3 Å². The summed E-state index contributed by atoms with van der Waals surface area (Å²) in [6.07, 6.45) is 0. The molecule has 0 fully saturated rings. The van der Waals surface area contributed by atoms with Gasteiger partial charge in [0.2, 0.25) is 11.7 Å².